The highest BCUT2D eigenvalue weighted by Crippen LogP contribution is 2.22. The number of urea groups is 1. The number of carbonyl (C=O) groups excluding carboxylic acids is 1. The SMILES string of the molecule is Cc1cc(-c2ccc(NC(=O)NC(C)c3ccc4ccccc4n3)cc2)ccn1. The highest BCUT2D eigenvalue weighted by molar-refractivity contribution is 5.90. The van der Waals surface area contributed by atoms with Crippen molar-refractivity contribution in [2.45, 2.75) is 19.9 Å². The van der Waals surface area contributed by atoms with Gasteiger partial charge in [-0.3, -0.25) is 9.97 Å². The zero-order valence-electron chi connectivity index (χ0n) is 16.4. The van der Waals surface area contributed by atoms with Gasteiger partial charge in [0.05, 0.1) is 17.3 Å². The Morgan fingerprint density at radius 2 is 1.72 bits per heavy atom. The zero-order chi connectivity index (χ0) is 20.2. The fourth-order valence-corrected chi connectivity index (χ4v) is 3.23. The van der Waals surface area contributed by atoms with Crippen molar-refractivity contribution in [1.82, 2.24) is 15.3 Å². The van der Waals surface area contributed by atoms with Gasteiger partial charge in [-0.25, -0.2) is 4.79 Å². The summed E-state index contributed by atoms with van der Waals surface area (Å²) in [6, 6.07) is 23.2. The molecule has 0 aliphatic heterocycles. The number of fused-ring (bicyclic) bond motifs is 1. The molecule has 0 aliphatic carbocycles. The van der Waals surface area contributed by atoms with E-state index in [0.29, 0.717) is 0 Å². The van der Waals surface area contributed by atoms with Crippen LogP contribution >= 0.6 is 0 Å². The Kier molecular flexibility index (Phi) is 5.20. The maximum Gasteiger partial charge on any atom is 0.319 e. The zero-order valence-corrected chi connectivity index (χ0v) is 16.4. The van der Waals surface area contributed by atoms with E-state index >= 15 is 0 Å². The van der Waals surface area contributed by atoms with Crippen LogP contribution < -0.4 is 10.6 Å². The molecular formula is C24H22N4O. The van der Waals surface area contributed by atoms with Crippen LogP contribution in [0.3, 0.4) is 0 Å². The lowest BCUT2D eigenvalue weighted by molar-refractivity contribution is 0.249. The third kappa shape index (κ3) is 4.41. The third-order valence-corrected chi connectivity index (χ3v) is 4.78. The van der Waals surface area contributed by atoms with Gasteiger partial charge in [-0.2, -0.15) is 0 Å². The molecule has 1 unspecified atom stereocenters. The molecule has 1 atom stereocenters. The summed E-state index contributed by atoms with van der Waals surface area (Å²) < 4.78 is 0. The number of hydrogen-bond donors (Lipinski definition) is 2. The van der Waals surface area contributed by atoms with Crippen molar-refractivity contribution in [2.75, 3.05) is 5.32 Å². The van der Waals surface area contributed by atoms with Crippen molar-refractivity contribution in [3.8, 4) is 11.1 Å². The number of rotatable bonds is 4. The molecule has 5 nitrogen and oxygen atoms in total. The molecule has 5 heteroatoms. The number of aromatic nitrogens is 2. The number of anilines is 1. The van der Waals surface area contributed by atoms with E-state index in [1.165, 1.54) is 0 Å². The summed E-state index contributed by atoms with van der Waals surface area (Å²) in [5.74, 6) is 0. The molecule has 2 heterocycles. The minimum atomic E-state index is -0.264. The van der Waals surface area contributed by atoms with Gasteiger partial charge in [0.2, 0.25) is 0 Å². The van der Waals surface area contributed by atoms with Crippen molar-refractivity contribution in [1.29, 1.82) is 0 Å². The lowest BCUT2D eigenvalue weighted by atomic mass is 10.1. The van der Waals surface area contributed by atoms with E-state index in [1.807, 2.05) is 86.6 Å². The molecule has 0 saturated carbocycles. The first kappa shape index (κ1) is 18.6. The standard InChI is InChI=1S/C24H22N4O/c1-16-15-20(13-14-25-16)18-7-10-21(11-8-18)27-24(29)26-17(2)22-12-9-19-5-3-4-6-23(19)28-22/h3-15,17H,1-2H3,(H2,26,27,29). The Hall–Kier alpha value is -3.73. The lowest BCUT2D eigenvalue weighted by Gasteiger charge is -2.15. The van der Waals surface area contributed by atoms with Crippen LogP contribution in [0.4, 0.5) is 10.5 Å². The molecular weight excluding hydrogens is 360 g/mol. The monoisotopic (exact) mass is 382 g/mol. The Balaban J connectivity index is 1.41. The highest BCUT2D eigenvalue weighted by Gasteiger charge is 2.11. The first-order valence-electron chi connectivity index (χ1n) is 9.55. The van der Waals surface area contributed by atoms with Crippen LogP contribution in [-0.2, 0) is 0 Å². The second kappa shape index (κ2) is 8.10. The van der Waals surface area contributed by atoms with Gasteiger partial charge < -0.3 is 10.6 Å². The first-order valence-corrected chi connectivity index (χ1v) is 9.55. The van der Waals surface area contributed by atoms with Crippen LogP contribution in [0.25, 0.3) is 22.0 Å². The molecule has 2 aromatic carbocycles. The Bertz CT molecular complexity index is 1150. The third-order valence-electron chi connectivity index (χ3n) is 4.78. The van der Waals surface area contributed by atoms with Gasteiger partial charge in [0.25, 0.3) is 0 Å². The summed E-state index contributed by atoms with van der Waals surface area (Å²) in [6.07, 6.45) is 1.80. The van der Waals surface area contributed by atoms with E-state index in [9.17, 15) is 4.79 Å². The normalized spacial score (nSPS) is 11.8. The van der Waals surface area contributed by atoms with E-state index in [2.05, 4.69) is 20.6 Å². The molecule has 29 heavy (non-hydrogen) atoms. The van der Waals surface area contributed by atoms with E-state index in [4.69, 9.17) is 0 Å². The first-order chi connectivity index (χ1) is 14.1. The molecule has 0 spiro atoms. The molecule has 0 aliphatic rings. The second-order valence-corrected chi connectivity index (χ2v) is 7.01. The molecule has 144 valence electrons. The Labute approximate surface area is 169 Å². The van der Waals surface area contributed by atoms with Gasteiger partial charge in [-0.15, -0.1) is 0 Å². The van der Waals surface area contributed by atoms with Crippen molar-refractivity contribution in [2.24, 2.45) is 0 Å². The van der Waals surface area contributed by atoms with Crippen molar-refractivity contribution < 1.29 is 4.79 Å². The van der Waals surface area contributed by atoms with Gasteiger partial charge in [0, 0.05) is 23.0 Å². The number of nitrogens with zero attached hydrogens (tertiary/aromatic N) is 2. The number of benzene rings is 2. The lowest BCUT2D eigenvalue weighted by Crippen LogP contribution is -2.31. The number of hydrogen-bond acceptors (Lipinski definition) is 3. The smallest absolute Gasteiger partial charge is 0.319 e. The van der Waals surface area contributed by atoms with E-state index in [0.717, 1.165) is 39.1 Å². The maximum absolute atomic E-state index is 12.4. The van der Waals surface area contributed by atoms with Gasteiger partial charge in [0.1, 0.15) is 0 Å². The van der Waals surface area contributed by atoms with Gasteiger partial charge in [-0.05, 0) is 61.4 Å². The van der Waals surface area contributed by atoms with Gasteiger partial charge in [0.15, 0.2) is 0 Å². The van der Waals surface area contributed by atoms with Crippen LogP contribution in [0.2, 0.25) is 0 Å². The van der Waals surface area contributed by atoms with Crippen molar-refractivity contribution >= 4 is 22.6 Å². The topological polar surface area (TPSA) is 66.9 Å². The highest BCUT2D eigenvalue weighted by atomic mass is 16.2. The van der Waals surface area contributed by atoms with Crippen LogP contribution in [0, 0.1) is 6.92 Å². The molecule has 2 amide bonds. The minimum Gasteiger partial charge on any atom is -0.330 e. The number of pyridine rings is 2. The Morgan fingerprint density at radius 3 is 2.52 bits per heavy atom. The Morgan fingerprint density at radius 1 is 0.931 bits per heavy atom. The fourth-order valence-electron chi connectivity index (χ4n) is 3.23. The molecule has 0 fully saturated rings. The minimum absolute atomic E-state index is 0.210. The van der Waals surface area contributed by atoms with Crippen LogP contribution in [0.15, 0.2) is 79.0 Å². The summed E-state index contributed by atoms with van der Waals surface area (Å²) in [5, 5.41) is 6.90. The van der Waals surface area contributed by atoms with Gasteiger partial charge >= 0.3 is 6.03 Å². The van der Waals surface area contributed by atoms with Crippen LogP contribution in [0.1, 0.15) is 24.4 Å². The van der Waals surface area contributed by atoms with Crippen molar-refractivity contribution in [3.63, 3.8) is 0 Å². The average molecular weight is 382 g/mol. The molecule has 0 bridgehead atoms. The second-order valence-electron chi connectivity index (χ2n) is 7.01. The van der Waals surface area contributed by atoms with Crippen LogP contribution in [-0.4, -0.2) is 16.0 Å². The summed E-state index contributed by atoms with van der Waals surface area (Å²) >= 11 is 0. The average Bonchev–Trinajstić information content (AvgIpc) is 2.74. The molecule has 0 saturated heterocycles. The number of para-hydroxylation sites is 1. The molecule has 4 rings (SSSR count). The maximum atomic E-state index is 12.4. The molecule has 4 aromatic rings. The van der Waals surface area contributed by atoms with E-state index in [-0.39, 0.29) is 12.1 Å². The summed E-state index contributed by atoms with van der Waals surface area (Å²) in [6.45, 7) is 3.89. The number of amides is 2. The van der Waals surface area contributed by atoms with Gasteiger partial charge in [-0.1, -0.05) is 36.4 Å². The predicted octanol–water partition coefficient (Wildman–Crippen LogP) is 5.49. The van der Waals surface area contributed by atoms with Crippen molar-refractivity contribution in [3.05, 3.63) is 90.4 Å². The van der Waals surface area contributed by atoms with E-state index in [1.54, 1.807) is 6.20 Å². The summed E-state index contributed by atoms with van der Waals surface area (Å²) in [7, 11) is 0. The quantitative estimate of drug-likeness (QED) is 0.490. The number of nitrogens with one attached hydrogen (secondary N) is 2. The largest absolute Gasteiger partial charge is 0.330 e. The molecule has 2 aromatic heterocycles. The molecule has 0 radical (unpaired) electrons. The summed E-state index contributed by atoms with van der Waals surface area (Å²) in [4.78, 5) is 21.3. The fraction of sp³-hybridized carbons (Fsp3) is 0.125. The number of carbonyl (C=O) groups is 1. The van der Waals surface area contributed by atoms with Crippen LogP contribution in [0.5, 0.6) is 0 Å². The summed E-state index contributed by atoms with van der Waals surface area (Å²) in [5.41, 5.74) is 5.62. The molecule has 2 N–H and O–H groups in total. The predicted molar refractivity (Wildman–Crippen MR) is 117 cm³/mol. The number of aryl methyl sites for hydroxylation is 1. The van der Waals surface area contributed by atoms with E-state index < -0.39 is 0 Å².